The topological polar surface area (TPSA) is 91.5 Å². The van der Waals surface area contributed by atoms with E-state index in [0.29, 0.717) is 45.5 Å². The van der Waals surface area contributed by atoms with Crippen LogP contribution in [0.3, 0.4) is 0 Å². The van der Waals surface area contributed by atoms with Gasteiger partial charge < -0.3 is 14.0 Å². The highest BCUT2D eigenvalue weighted by Crippen LogP contribution is 2.26. The molecule has 0 aliphatic rings. The van der Waals surface area contributed by atoms with Gasteiger partial charge in [-0.1, -0.05) is 41.6 Å². The number of nitrogens with zero attached hydrogens (tertiary/aromatic N) is 2. The highest BCUT2D eigenvalue weighted by atomic mass is 16.5. The van der Waals surface area contributed by atoms with Crippen molar-refractivity contribution in [2.24, 2.45) is 0 Å². The van der Waals surface area contributed by atoms with Gasteiger partial charge in [-0.25, -0.2) is 9.59 Å². The molecular formula is C28H18N2O5. The Morgan fingerprint density at radius 3 is 1.51 bits per heavy atom. The zero-order valence-corrected chi connectivity index (χ0v) is 18.3. The van der Waals surface area contributed by atoms with E-state index in [-0.39, 0.29) is 0 Å². The molecule has 7 heteroatoms. The average molecular weight is 462 g/mol. The van der Waals surface area contributed by atoms with Crippen molar-refractivity contribution in [3.8, 4) is 34.3 Å². The Hall–Kier alpha value is -5.04. The summed E-state index contributed by atoms with van der Waals surface area (Å²) in [4.78, 5) is 28.8. The van der Waals surface area contributed by atoms with E-state index in [2.05, 4.69) is 10.1 Å². The molecule has 0 aliphatic carbocycles. The third-order valence-electron chi connectivity index (χ3n) is 5.08. The van der Waals surface area contributed by atoms with Crippen LogP contribution >= 0.6 is 0 Å². The van der Waals surface area contributed by atoms with Crippen molar-refractivity contribution in [3.63, 3.8) is 0 Å². The molecule has 0 bridgehead atoms. The summed E-state index contributed by atoms with van der Waals surface area (Å²) in [5.74, 6) is 0.658. The maximum atomic E-state index is 12.2. The summed E-state index contributed by atoms with van der Waals surface area (Å²) in [7, 11) is 0. The van der Waals surface area contributed by atoms with Gasteiger partial charge in [-0.15, -0.1) is 0 Å². The molecule has 0 N–H and O–H groups in total. The average Bonchev–Trinajstić information content (AvgIpc) is 3.41. The summed E-state index contributed by atoms with van der Waals surface area (Å²) >= 11 is 0. The number of rotatable bonds is 6. The minimum atomic E-state index is -0.434. The van der Waals surface area contributed by atoms with E-state index in [4.69, 9.17) is 14.0 Å². The maximum Gasteiger partial charge on any atom is 0.343 e. The van der Waals surface area contributed by atoms with Crippen molar-refractivity contribution in [2.45, 2.75) is 0 Å². The van der Waals surface area contributed by atoms with Crippen molar-refractivity contribution in [3.05, 3.63) is 120 Å². The lowest BCUT2D eigenvalue weighted by Gasteiger charge is -2.04. The molecule has 0 spiro atoms. The minimum Gasteiger partial charge on any atom is -0.423 e. The maximum absolute atomic E-state index is 12.2. The predicted molar refractivity (Wildman–Crippen MR) is 128 cm³/mol. The van der Waals surface area contributed by atoms with Crippen LogP contribution in [-0.4, -0.2) is 22.1 Å². The molecule has 5 aromatic rings. The Bertz CT molecular complexity index is 1330. The Labute approximate surface area is 200 Å². The first-order chi connectivity index (χ1) is 17.2. The van der Waals surface area contributed by atoms with Gasteiger partial charge in [0.25, 0.3) is 5.89 Å². The molecule has 4 aromatic carbocycles. The lowest BCUT2D eigenvalue weighted by Crippen LogP contribution is -2.07. The fourth-order valence-corrected chi connectivity index (χ4v) is 3.28. The third kappa shape index (κ3) is 5.15. The molecule has 0 unspecified atom stereocenters. The Morgan fingerprint density at radius 1 is 0.571 bits per heavy atom. The van der Waals surface area contributed by atoms with Gasteiger partial charge in [0.1, 0.15) is 11.5 Å². The van der Waals surface area contributed by atoms with E-state index >= 15 is 0 Å². The van der Waals surface area contributed by atoms with Crippen LogP contribution in [0.4, 0.5) is 0 Å². The third-order valence-corrected chi connectivity index (χ3v) is 5.08. The Kier molecular flexibility index (Phi) is 6.13. The Morgan fingerprint density at radius 2 is 1.03 bits per heavy atom. The second kappa shape index (κ2) is 9.84. The first kappa shape index (κ1) is 21.8. The fourth-order valence-electron chi connectivity index (χ4n) is 3.28. The lowest BCUT2D eigenvalue weighted by atomic mass is 10.2. The monoisotopic (exact) mass is 462 g/mol. The van der Waals surface area contributed by atoms with Gasteiger partial charge in [0.05, 0.1) is 11.1 Å². The first-order valence-corrected chi connectivity index (χ1v) is 10.7. The summed E-state index contributed by atoms with van der Waals surface area (Å²) in [6, 6.07) is 31.2. The highest BCUT2D eigenvalue weighted by molar-refractivity contribution is 5.91. The second-order valence-electron chi connectivity index (χ2n) is 7.48. The van der Waals surface area contributed by atoms with Crippen molar-refractivity contribution < 1.29 is 23.6 Å². The van der Waals surface area contributed by atoms with Crippen LogP contribution in [0, 0.1) is 0 Å². The number of hydrogen-bond donors (Lipinski definition) is 0. The zero-order chi connectivity index (χ0) is 24.0. The molecule has 0 aliphatic heterocycles. The van der Waals surface area contributed by atoms with Gasteiger partial charge in [0.15, 0.2) is 0 Å². The van der Waals surface area contributed by atoms with Gasteiger partial charge in [0, 0.05) is 11.1 Å². The molecule has 0 saturated heterocycles. The highest BCUT2D eigenvalue weighted by Gasteiger charge is 2.13. The normalized spacial score (nSPS) is 10.5. The van der Waals surface area contributed by atoms with E-state index in [1.165, 1.54) is 0 Å². The van der Waals surface area contributed by atoms with Gasteiger partial charge in [-0.3, -0.25) is 0 Å². The summed E-state index contributed by atoms with van der Waals surface area (Å²) in [5, 5.41) is 4.03. The number of esters is 2. The molecule has 1 aromatic heterocycles. The number of carbonyl (C=O) groups is 2. The molecule has 0 radical (unpaired) electrons. The van der Waals surface area contributed by atoms with Crippen LogP contribution in [0.15, 0.2) is 114 Å². The first-order valence-electron chi connectivity index (χ1n) is 10.7. The number of hydrogen-bond acceptors (Lipinski definition) is 7. The SMILES string of the molecule is O=C(Oc1ccc(-c2noc(-c3ccc(OC(=O)c4ccccc4)cc3)n2)cc1)c1ccccc1. The van der Waals surface area contributed by atoms with Crippen LogP contribution in [-0.2, 0) is 0 Å². The molecular weight excluding hydrogens is 444 g/mol. The molecule has 0 fully saturated rings. The van der Waals surface area contributed by atoms with Crippen molar-refractivity contribution in [1.29, 1.82) is 0 Å². The predicted octanol–water partition coefficient (Wildman–Crippen LogP) is 5.84. The van der Waals surface area contributed by atoms with Crippen molar-refractivity contribution >= 4 is 11.9 Å². The van der Waals surface area contributed by atoms with E-state index < -0.39 is 11.9 Å². The lowest BCUT2D eigenvalue weighted by molar-refractivity contribution is 0.0725. The number of aromatic nitrogens is 2. The van der Waals surface area contributed by atoms with Crippen LogP contribution < -0.4 is 9.47 Å². The quantitative estimate of drug-likeness (QED) is 0.231. The van der Waals surface area contributed by atoms with Crippen LogP contribution in [0.5, 0.6) is 11.5 Å². The summed E-state index contributed by atoms with van der Waals surface area (Å²) in [6.45, 7) is 0. The largest absolute Gasteiger partial charge is 0.423 e. The van der Waals surface area contributed by atoms with Crippen LogP contribution in [0.1, 0.15) is 20.7 Å². The summed E-state index contributed by atoms with van der Waals surface area (Å²) in [6.07, 6.45) is 0. The fraction of sp³-hybridized carbons (Fsp3) is 0. The van der Waals surface area contributed by atoms with E-state index in [9.17, 15) is 9.59 Å². The molecule has 0 atom stereocenters. The van der Waals surface area contributed by atoms with Crippen molar-refractivity contribution in [1.82, 2.24) is 10.1 Å². The molecule has 35 heavy (non-hydrogen) atoms. The van der Waals surface area contributed by atoms with Gasteiger partial charge in [-0.05, 0) is 72.8 Å². The van der Waals surface area contributed by atoms with Gasteiger partial charge in [0.2, 0.25) is 5.82 Å². The smallest absolute Gasteiger partial charge is 0.343 e. The number of ether oxygens (including phenoxy) is 2. The van der Waals surface area contributed by atoms with E-state index in [1.807, 2.05) is 12.1 Å². The molecule has 170 valence electrons. The summed E-state index contributed by atoms with van der Waals surface area (Å²) < 4.78 is 16.2. The number of carbonyl (C=O) groups excluding carboxylic acids is 2. The molecule has 0 amide bonds. The zero-order valence-electron chi connectivity index (χ0n) is 18.3. The Balaban J connectivity index is 1.24. The van der Waals surface area contributed by atoms with Crippen LogP contribution in [0.25, 0.3) is 22.8 Å². The van der Waals surface area contributed by atoms with E-state index in [1.54, 1.807) is 97.1 Å². The summed E-state index contributed by atoms with van der Waals surface area (Å²) in [5.41, 5.74) is 2.32. The van der Waals surface area contributed by atoms with Gasteiger partial charge in [-0.2, -0.15) is 4.98 Å². The van der Waals surface area contributed by atoms with Gasteiger partial charge >= 0.3 is 11.9 Å². The van der Waals surface area contributed by atoms with E-state index in [0.717, 1.165) is 0 Å². The minimum absolute atomic E-state index is 0.320. The second-order valence-corrected chi connectivity index (χ2v) is 7.48. The molecule has 7 nitrogen and oxygen atoms in total. The molecule has 5 rings (SSSR count). The molecule has 0 saturated carbocycles. The van der Waals surface area contributed by atoms with Crippen molar-refractivity contribution in [2.75, 3.05) is 0 Å². The number of benzene rings is 4. The standard InChI is InChI=1S/C28H18N2O5/c31-27(21-7-3-1-4-8-21)33-23-15-11-19(12-16-23)25-29-26(35-30-25)20-13-17-24(18-14-20)34-28(32)22-9-5-2-6-10-22/h1-18H. The molecule has 1 heterocycles. The van der Waals surface area contributed by atoms with Crippen LogP contribution in [0.2, 0.25) is 0 Å².